The van der Waals surface area contributed by atoms with Gasteiger partial charge in [-0.2, -0.15) is 9.61 Å². The Morgan fingerprint density at radius 1 is 1.27 bits per heavy atom. The minimum atomic E-state index is 0.0561. The second-order valence-electron chi connectivity index (χ2n) is 4.53. The van der Waals surface area contributed by atoms with Crippen molar-refractivity contribution in [2.75, 3.05) is 7.11 Å². The largest absolute Gasteiger partial charge is 0.481 e. The van der Waals surface area contributed by atoms with Gasteiger partial charge in [-0.05, 0) is 11.5 Å². The Kier molecular flexibility index (Phi) is 2.14. The Balaban J connectivity index is 2.74. The minimum Gasteiger partial charge on any atom is -0.481 e. The second-order valence-corrected chi connectivity index (χ2v) is 4.53. The van der Waals surface area contributed by atoms with Crippen molar-refractivity contribution in [2.24, 2.45) is 0 Å². The lowest BCUT2D eigenvalue weighted by atomic mass is 9.88. The van der Waals surface area contributed by atoms with Crippen LogP contribution in [0.15, 0.2) is 18.5 Å². The van der Waals surface area contributed by atoms with Gasteiger partial charge in [0.25, 0.3) is 0 Å². The average molecular weight is 205 g/mol. The van der Waals surface area contributed by atoms with E-state index in [4.69, 9.17) is 4.74 Å². The molecule has 0 saturated heterocycles. The zero-order chi connectivity index (χ0) is 11.1. The van der Waals surface area contributed by atoms with Crippen molar-refractivity contribution in [1.82, 2.24) is 14.6 Å². The summed E-state index contributed by atoms with van der Waals surface area (Å²) in [5, 5.41) is 4.14. The fourth-order valence-corrected chi connectivity index (χ4v) is 1.63. The van der Waals surface area contributed by atoms with E-state index in [1.54, 1.807) is 18.0 Å². The summed E-state index contributed by atoms with van der Waals surface area (Å²) in [5.74, 6) is 0.704. The maximum absolute atomic E-state index is 5.21. The molecule has 0 aliphatic heterocycles. The Labute approximate surface area is 88.9 Å². The lowest BCUT2D eigenvalue weighted by Crippen LogP contribution is -2.13. The number of ether oxygens (including phenoxy) is 1. The highest BCUT2D eigenvalue weighted by Crippen LogP contribution is 2.27. The first-order chi connectivity index (χ1) is 7.04. The number of hydrogen-bond acceptors (Lipinski definition) is 3. The van der Waals surface area contributed by atoms with Crippen molar-refractivity contribution in [3.8, 4) is 5.88 Å². The van der Waals surface area contributed by atoms with E-state index >= 15 is 0 Å². The molecular formula is C11H15N3O. The third-order valence-corrected chi connectivity index (χ3v) is 2.41. The highest BCUT2D eigenvalue weighted by molar-refractivity contribution is 5.52. The van der Waals surface area contributed by atoms with Gasteiger partial charge in [-0.1, -0.05) is 20.8 Å². The zero-order valence-electron chi connectivity index (χ0n) is 9.48. The third kappa shape index (κ3) is 1.56. The topological polar surface area (TPSA) is 39.4 Å². The van der Waals surface area contributed by atoms with Crippen molar-refractivity contribution in [1.29, 1.82) is 0 Å². The van der Waals surface area contributed by atoms with Crippen LogP contribution in [0, 0.1) is 0 Å². The summed E-state index contributed by atoms with van der Waals surface area (Å²) in [5.41, 5.74) is 2.09. The van der Waals surface area contributed by atoms with E-state index in [-0.39, 0.29) is 5.41 Å². The van der Waals surface area contributed by atoms with Crippen LogP contribution in [0.2, 0.25) is 0 Å². The molecule has 0 unspecified atom stereocenters. The number of methoxy groups -OCH3 is 1. The van der Waals surface area contributed by atoms with Gasteiger partial charge in [0.15, 0.2) is 5.65 Å². The van der Waals surface area contributed by atoms with Crippen molar-refractivity contribution in [3.63, 3.8) is 0 Å². The van der Waals surface area contributed by atoms with Crippen LogP contribution in [-0.4, -0.2) is 21.7 Å². The fraction of sp³-hybridized carbons (Fsp3) is 0.455. The Bertz CT molecular complexity index is 482. The molecular weight excluding hydrogens is 190 g/mol. The summed E-state index contributed by atoms with van der Waals surface area (Å²) in [6.07, 6.45) is 1.55. The minimum absolute atomic E-state index is 0.0561. The van der Waals surface area contributed by atoms with Crippen molar-refractivity contribution in [3.05, 3.63) is 24.0 Å². The lowest BCUT2D eigenvalue weighted by Gasteiger charge is -2.19. The standard InChI is InChI=1S/C11H15N3O/c1-11(2,3)8-5-6-9(15-4)14-10(8)12-7-13-14/h5-7H,1-4H3. The van der Waals surface area contributed by atoms with Crippen LogP contribution in [0.25, 0.3) is 5.65 Å². The van der Waals surface area contributed by atoms with Gasteiger partial charge in [0.2, 0.25) is 5.88 Å². The number of hydrogen-bond donors (Lipinski definition) is 0. The Morgan fingerprint density at radius 2 is 2.00 bits per heavy atom. The van der Waals surface area contributed by atoms with E-state index in [0.717, 1.165) is 5.65 Å². The van der Waals surface area contributed by atoms with Crippen molar-refractivity contribution >= 4 is 5.65 Å². The first-order valence-electron chi connectivity index (χ1n) is 4.91. The van der Waals surface area contributed by atoms with Crippen molar-refractivity contribution < 1.29 is 4.74 Å². The van der Waals surface area contributed by atoms with Crippen LogP contribution in [-0.2, 0) is 5.41 Å². The van der Waals surface area contributed by atoms with Crippen molar-refractivity contribution in [2.45, 2.75) is 26.2 Å². The van der Waals surface area contributed by atoms with Crippen LogP contribution in [0.5, 0.6) is 5.88 Å². The molecule has 2 rings (SSSR count). The Morgan fingerprint density at radius 3 is 2.60 bits per heavy atom. The number of aromatic nitrogens is 3. The second kappa shape index (κ2) is 3.22. The summed E-state index contributed by atoms with van der Waals surface area (Å²) in [6, 6.07) is 3.96. The van der Waals surface area contributed by atoms with Gasteiger partial charge in [-0.3, -0.25) is 0 Å². The summed E-state index contributed by atoms with van der Waals surface area (Å²) in [7, 11) is 1.63. The molecule has 0 atom stereocenters. The predicted molar refractivity (Wildman–Crippen MR) is 58.2 cm³/mol. The van der Waals surface area contributed by atoms with Gasteiger partial charge in [0, 0.05) is 11.6 Å². The van der Waals surface area contributed by atoms with E-state index in [9.17, 15) is 0 Å². The lowest BCUT2D eigenvalue weighted by molar-refractivity contribution is 0.384. The van der Waals surface area contributed by atoms with Crippen LogP contribution in [0.4, 0.5) is 0 Å². The normalized spacial score (nSPS) is 12.0. The van der Waals surface area contributed by atoms with Gasteiger partial charge in [-0.15, -0.1) is 0 Å². The zero-order valence-corrected chi connectivity index (χ0v) is 9.48. The molecule has 0 N–H and O–H groups in total. The number of nitrogens with zero attached hydrogens (tertiary/aromatic N) is 3. The molecule has 0 radical (unpaired) electrons. The van der Waals surface area contributed by atoms with E-state index in [0.29, 0.717) is 5.88 Å². The maximum Gasteiger partial charge on any atom is 0.216 e. The molecule has 0 fully saturated rings. The number of fused-ring (bicyclic) bond motifs is 1. The molecule has 0 bridgehead atoms. The van der Waals surface area contributed by atoms with E-state index in [1.165, 1.54) is 5.56 Å². The Hall–Kier alpha value is -1.58. The predicted octanol–water partition coefficient (Wildman–Crippen LogP) is 2.04. The number of pyridine rings is 1. The maximum atomic E-state index is 5.21. The first kappa shape index (κ1) is 9.96. The molecule has 0 amide bonds. The summed E-state index contributed by atoms with van der Waals surface area (Å²) >= 11 is 0. The molecule has 0 spiro atoms. The highest BCUT2D eigenvalue weighted by atomic mass is 16.5. The monoisotopic (exact) mass is 205 g/mol. The SMILES string of the molecule is COc1ccc(C(C)(C)C)c2ncnn12. The average Bonchev–Trinajstić information content (AvgIpc) is 2.62. The molecule has 2 aromatic rings. The molecule has 2 heterocycles. The van der Waals surface area contributed by atoms with Gasteiger partial charge in [0.1, 0.15) is 6.33 Å². The van der Waals surface area contributed by atoms with Gasteiger partial charge in [0.05, 0.1) is 7.11 Å². The van der Waals surface area contributed by atoms with E-state index < -0.39 is 0 Å². The molecule has 80 valence electrons. The molecule has 0 saturated carbocycles. The smallest absolute Gasteiger partial charge is 0.216 e. The van der Waals surface area contributed by atoms with Gasteiger partial charge in [-0.25, -0.2) is 4.98 Å². The van der Waals surface area contributed by atoms with E-state index in [2.05, 4.69) is 30.9 Å². The van der Waals surface area contributed by atoms with Gasteiger partial charge < -0.3 is 4.74 Å². The van der Waals surface area contributed by atoms with Crippen LogP contribution in [0.3, 0.4) is 0 Å². The van der Waals surface area contributed by atoms with Crippen LogP contribution in [0.1, 0.15) is 26.3 Å². The molecule has 2 aromatic heterocycles. The summed E-state index contributed by atoms with van der Waals surface area (Å²) in [4.78, 5) is 4.27. The molecule has 0 aliphatic rings. The molecule has 0 aliphatic carbocycles. The van der Waals surface area contributed by atoms with Crippen LogP contribution < -0.4 is 4.74 Å². The molecule has 4 nitrogen and oxygen atoms in total. The van der Waals surface area contributed by atoms with Gasteiger partial charge >= 0.3 is 0 Å². The first-order valence-corrected chi connectivity index (χ1v) is 4.91. The molecule has 4 heteroatoms. The molecule has 0 aromatic carbocycles. The van der Waals surface area contributed by atoms with Crippen LogP contribution >= 0.6 is 0 Å². The fourth-order valence-electron chi connectivity index (χ4n) is 1.63. The summed E-state index contributed by atoms with van der Waals surface area (Å²) < 4.78 is 6.94. The molecule has 15 heavy (non-hydrogen) atoms. The quantitative estimate of drug-likeness (QED) is 0.715. The highest BCUT2D eigenvalue weighted by Gasteiger charge is 2.19. The van der Waals surface area contributed by atoms with E-state index in [1.807, 2.05) is 12.1 Å². The number of rotatable bonds is 1. The third-order valence-electron chi connectivity index (χ3n) is 2.41. The summed E-state index contributed by atoms with van der Waals surface area (Å²) in [6.45, 7) is 6.47.